The summed E-state index contributed by atoms with van der Waals surface area (Å²) in [5.41, 5.74) is 3.32. The number of carbonyl (C=O) groups is 1. The normalized spacial score (nSPS) is 16.0. The summed E-state index contributed by atoms with van der Waals surface area (Å²) in [5, 5.41) is 16.8. The van der Waals surface area contributed by atoms with Gasteiger partial charge in [0.25, 0.3) is 5.91 Å². The van der Waals surface area contributed by atoms with Gasteiger partial charge in [0.2, 0.25) is 5.95 Å². The molecule has 2 aliphatic heterocycles. The highest BCUT2D eigenvalue weighted by molar-refractivity contribution is 5.98. The van der Waals surface area contributed by atoms with Gasteiger partial charge in [-0.15, -0.1) is 0 Å². The molecule has 0 spiro atoms. The van der Waals surface area contributed by atoms with E-state index < -0.39 is 0 Å². The van der Waals surface area contributed by atoms with E-state index in [1.807, 2.05) is 17.0 Å². The summed E-state index contributed by atoms with van der Waals surface area (Å²) in [6.07, 6.45) is 3.21. The molecule has 0 saturated carbocycles. The number of morpholine rings is 1. The first-order chi connectivity index (χ1) is 16.6. The average molecular weight is 462 g/mol. The molecule has 4 heterocycles. The molecule has 176 valence electrons. The van der Waals surface area contributed by atoms with Crippen molar-refractivity contribution in [2.75, 3.05) is 43.5 Å². The third-order valence-electron chi connectivity index (χ3n) is 6.28. The average Bonchev–Trinajstić information content (AvgIpc) is 3.52. The second kappa shape index (κ2) is 9.19. The van der Waals surface area contributed by atoms with E-state index in [-0.39, 0.29) is 11.9 Å². The number of hydrogen-bond acceptors (Lipinski definition) is 8. The Morgan fingerprint density at radius 3 is 2.88 bits per heavy atom. The van der Waals surface area contributed by atoms with Gasteiger partial charge in [-0.2, -0.15) is 15.2 Å². The minimum atomic E-state index is 0.00438. The summed E-state index contributed by atoms with van der Waals surface area (Å²) in [6, 6.07) is 6.04. The van der Waals surface area contributed by atoms with Crippen LogP contribution < -0.4 is 15.4 Å². The highest BCUT2D eigenvalue weighted by Gasteiger charge is 2.28. The molecule has 1 saturated heterocycles. The molecule has 5 rings (SSSR count). The van der Waals surface area contributed by atoms with Crippen LogP contribution in [0.1, 0.15) is 41.8 Å². The van der Waals surface area contributed by atoms with Crippen molar-refractivity contribution in [2.45, 2.75) is 32.7 Å². The number of aromatic nitrogens is 3. The maximum absolute atomic E-state index is 13.1. The number of ether oxygens (including phenoxy) is 2. The fraction of sp³-hybridized carbons (Fsp3) is 0.417. The minimum Gasteiger partial charge on any atom is -0.491 e. The number of benzene rings is 1. The van der Waals surface area contributed by atoms with Gasteiger partial charge < -0.3 is 30.0 Å². The van der Waals surface area contributed by atoms with Crippen molar-refractivity contribution in [3.8, 4) is 11.8 Å². The summed E-state index contributed by atoms with van der Waals surface area (Å²) in [4.78, 5) is 27.3. The van der Waals surface area contributed by atoms with Crippen molar-refractivity contribution in [1.29, 1.82) is 5.26 Å². The molecule has 2 aromatic heterocycles. The molecule has 2 aliphatic rings. The number of aromatic amines is 1. The van der Waals surface area contributed by atoms with Crippen molar-refractivity contribution < 1.29 is 14.3 Å². The molecular weight excluding hydrogens is 434 g/mol. The summed E-state index contributed by atoms with van der Waals surface area (Å²) < 4.78 is 11.3. The van der Waals surface area contributed by atoms with Crippen LogP contribution in [-0.4, -0.2) is 64.7 Å². The topological polar surface area (TPSA) is 128 Å². The van der Waals surface area contributed by atoms with E-state index >= 15 is 0 Å². The van der Waals surface area contributed by atoms with Gasteiger partial charge in [0, 0.05) is 42.9 Å². The Morgan fingerprint density at radius 1 is 1.29 bits per heavy atom. The van der Waals surface area contributed by atoms with Crippen molar-refractivity contribution in [2.24, 2.45) is 0 Å². The Labute approximate surface area is 197 Å². The molecular formula is C24H27N7O3. The zero-order valence-electron chi connectivity index (χ0n) is 19.3. The van der Waals surface area contributed by atoms with Gasteiger partial charge in [-0.05, 0) is 25.5 Å². The number of H-pyrrole nitrogens is 1. The molecule has 0 unspecified atom stereocenters. The van der Waals surface area contributed by atoms with E-state index in [1.54, 1.807) is 6.20 Å². The van der Waals surface area contributed by atoms with Gasteiger partial charge in [-0.3, -0.25) is 4.79 Å². The largest absolute Gasteiger partial charge is 0.491 e. The lowest BCUT2D eigenvalue weighted by Crippen LogP contribution is -2.41. The van der Waals surface area contributed by atoms with E-state index in [2.05, 4.69) is 45.5 Å². The molecule has 3 N–H and O–H groups in total. The van der Waals surface area contributed by atoms with Crippen LogP contribution in [-0.2, 0) is 11.2 Å². The Morgan fingerprint density at radius 2 is 2.12 bits per heavy atom. The molecule has 0 aliphatic carbocycles. The Balaban J connectivity index is 1.49. The fourth-order valence-corrected chi connectivity index (χ4v) is 4.27. The van der Waals surface area contributed by atoms with Gasteiger partial charge in [0.1, 0.15) is 23.3 Å². The molecule has 1 atom stereocenters. The number of nitrogens with zero attached hydrogens (tertiary/aromatic N) is 4. The number of fused-ring (bicyclic) bond motifs is 2. The Kier molecular flexibility index (Phi) is 5.94. The minimum absolute atomic E-state index is 0.00438. The van der Waals surface area contributed by atoms with Gasteiger partial charge in [-0.25, -0.2) is 0 Å². The van der Waals surface area contributed by atoms with Crippen LogP contribution in [0, 0.1) is 11.3 Å². The monoisotopic (exact) mass is 461 g/mol. The predicted molar refractivity (Wildman–Crippen MR) is 128 cm³/mol. The fourth-order valence-electron chi connectivity index (χ4n) is 4.27. The molecule has 1 aromatic carbocycles. The standard InChI is InChI=1S/C24H27N7O3/c1-3-14(2)27-22-19-15(12-25)13-26-21(19)29-24(30-22)28-18-5-4-17(16-6-9-34-20(16)18)23(32)31-7-10-33-11-8-31/h4-5,13-14H,3,6-11H2,1-2H3,(H3,26,27,28,29,30)/t14-/m0/s1. The van der Waals surface area contributed by atoms with Gasteiger partial charge in [-0.1, -0.05) is 6.92 Å². The first kappa shape index (κ1) is 22.0. The first-order valence-electron chi connectivity index (χ1n) is 11.6. The molecule has 10 heteroatoms. The molecule has 1 amide bonds. The molecule has 10 nitrogen and oxygen atoms in total. The number of nitrogens with one attached hydrogen (secondary N) is 3. The highest BCUT2D eigenvalue weighted by atomic mass is 16.5. The number of anilines is 3. The lowest BCUT2D eigenvalue weighted by molar-refractivity contribution is 0.0302. The quantitative estimate of drug-likeness (QED) is 0.511. The zero-order chi connectivity index (χ0) is 23.7. The predicted octanol–water partition coefficient (Wildman–Crippen LogP) is 3.19. The van der Waals surface area contributed by atoms with E-state index in [1.165, 1.54) is 0 Å². The third-order valence-corrected chi connectivity index (χ3v) is 6.28. The lowest BCUT2D eigenvalue weighted by Gasteiger charge is -2.27. The van der Waals surface area contributed by atoms with Gasteiger partial charge in [0.15, 0.2) is 0 Å². The second-order valence-electron chi connectivity index (χ2n) is 8.48. The molecule has 34 heavy (non-hydrogen) atoms. The zero-order valence-corrected chi connectivity index (χ0v) is 19.3. The van der Waals surface area contributed by atoms with E-state index in [9.17, 15) is 10.1 Å². The van der Waals surface area contributed by atoms with Crippen LogP contribution in [0.3, 0.4) is 0 Å². The number of rotatable bonds is 6. The second-order valence-corrected chi connectivity index (χ2v) is 8.48. The Bertz CT molecular complexity index is 1270. The molecule has 0 radical (unpaired) electrons. The molecule has 1 fully saturated rings. The molecule has 3 aromatic rings. The molecule has 0 bridgehead atoms. The summed E-state index contributed by atoms with van der Waals surface area (Å²) in [7, 11) is 0. The van der Waals surface area contributed by atoms with Gasteiger partial charge >= 0.3 is 0 Å². The highest BCUT2D eigenvalue weighted by Crippen LogP contribution is 2.38. The lowest BCUT2D eigenvalue weighted by atomic mass is 10.0. The number of carbonyl (C=O) groups excluding carboxylic acids is 1. The maximum atomic E-state index is 13.1. The van der Waals surface area contributed by atoms with Crippen molar-refractivity contribution in [3.05, 3.63) is 35.0 Å². The van der Waals surface area contributed by atoms with Crippen LogP contribution in [0.4, 0.5) is 17.5 Å². The van der Waals surface area contributed by atoms with E-state index in [4.69, 9.17) is 9.47 Å². The van der Waals surface area contributed by atoms with Crippen LogP contribution in [0.5, 0.6) is 5.75 Å². The summed E-state index contributed by atoms with van der Waals surface area (Å²) >= 11 is 0. The summed E-state index contributed by atoms with van der Waals surface area (Å²) in [6.45, 7) is 6.96. The van der Waals surface area contributed by atoms with Crippen LogP contribution in [0.15, 0.2) is 18.3 Å². The Hall–Kier alpha value is -3.84. The summed E-state index contributed by atoms with van der Waals surface area (Å²) in [5.74, 6) is 1.62. The smallest absolute Gasteiger partial charge is 0.254 e. The third kappa shape index (κ3) is 3.99. The number of amides is 1. The number of hydrogen-bond donors (Lipinski definition) is 3. The number of nitriles is 1. The van der Waals surface area contributed by atoms with E-state index in [0.29, 0.717) is 84.7 Å². The van der Waals surface area contributed by atoms with E-state index in [0.717, 1.165) is 12.0 Å². The maximum Gasteiger partial charge on any atom is 0.254 e. The van der Waals surface area contributed by atoms with Gasteiger partial charge in [0.05, 0.1) is 36.5 Å². The SMILES string of the molecule is CC[C@H](C)Nc1nc(Nc2ccc(C(=O)N3CCOCC3)c3c2OCC3)nc2[nH]cc(C#N)c12. The van der Waals surface area contributed by atoms with Crippen LogP contribution >= 0.6 is 0 Å². The van der Waals surface area contributed by atoms with Crippen LogP contribution in [0.25, 0.3) is 11.0 Å². The van der Waals surface area contributed by atoms with Crippen LogP contribution in [0.2, 0.25) is 0 Å². The van der Waals surface area contributed by atoms with Crippen molar-refractivity contribution in [3.63, 3.8) is 0 Å². The van der Waals surface area contributed by atoms with Crippen molar-refractivity contribution >= 4 is 34.4 Å². The first-order valence-corrected chi connectivity index (χ1v) is 11.6. The van der Waals surface area contributed by atoms with Crippen molar-refractivity contribution in [1.82, 2.24) is 19.9 Å².